The highest BCUT2D eigenvalue weighted by Crippen LogP contribution is 2.19. The van der Waals surface area contributed by atoms with Crippen molar-refractivity contribution in [3.05, 3.63) is 0 Å². The summed E-state index contributed by atoms with van der Waals surface area (Å²) >= 11 is 0. The maximum absolute atomic E-state index is 14.4. The molecule has 0 aromatic rings. The van der Waals surface area contributed by atoms with E-state index >= 15 is 0 Å². The number of ether oxygens (including phenoxy) is 8. The number of nitrogens with zero attached hydrogens (tertiary/aromatic N) is 2. The maximum Gasteiger partial charge on any atom is 0.306 e. The van der Waals surface area contributed by atoms with Gasteiger partial charge in [-0.1, -0.05) is 196 Å². The Labute approximate surface area is 503 Å². The summed E-state index contributed by atoms with van der Waals surface area (Å²) in [5, 5.41) is 0. The molecule has 14 heteroatoms. The van der Waals surface area contributed by atoms with Gasteiger partial charge in [0.2, 0.25) is 5.91 Å². The van der Waals surface area contributed by atoms with Gasteiger partial charge in [-0.2, -0.15) is 0 Å². The summed E-state index contributed by atoms with van der Waals surface area (Å²) in [5.74, 6) is -1.38. The summed E-state index contributed by atoms with van der Waals surface area (Å²) in [6.45, 7) is 19.7. The summed E-state index contributed by atoms with van der Waals surface area (Å²) in [7, 11) is 0. The van der Waals surface area contributed by atoms with Crippen LogP contribution in [0.15, 0.2) is 0 Å². The number of rotatable bonds is 62. The second-order valence-corrected chi connectivity index (χ2v) is 23.6. The summed E-state index contributed by atoms with van der Waals surface area (Å²) in [6, 6.07) is -0.738. The van der Waals surface area contributed by atoms with E-state index in [4.69, 9.17) is 37.9 Å². The number of carbonyl (C=O) groups is 4. The molecular formula is C68H130N2O12. The number of hydrogen-bond acceptors (Lipinski definition) is 13. The summed E-state index contributed by atoms with van der Waals surface area (Å²) in [4.78, 5) is 58.9. The van der Waals surface area contributed by atoms with E-state index in [2.05, 4.69) is 46.4 Å². The molecule has 1 saturated heterocycles. The molecule has 0 radical (unpaired) electrons. The Kier molecular flexibility index (Phi) is 55.9. The molecule has 1 rings (SSSR count). The minimum absolute atomic E-state index is 0.0566. The van der Waals surface area contributed by atoms with Gasteiger partial charge >= 0.3 is 17.9 Å². The van der Waals surface area contributed by atoms with Crippen molar-refractivity contribution in [1.82, 2.24) is 9.80 Å². The van der Waals surface area contributed by atoms with Crippen molar-refractivity contribution in [1.29, 1.82) is 0 Å². The van der Waals surface area contributed by atoms with Crippen LogP contribution in [0.5, 0.6) is 0 Å². The molecule has 1 fully saturated rings. The SMILES string of the molecule is CCCCCCCCOC(CCCCC(=O)OCC(COC(=O)CCCCC(OCCCCCCCC)OCCCCCCCC)N(CCCN1CCOCC1)C(=O)CCC(=O)OC(CCC)CCCCCC)OCCCCCCCC. The second-order valence-electron chi connectivity index (χ2n) is 23.6. The Balaban J connectivity index is 3.14. The molecule has 0 bridgehead atoms. The Hall–Kier alpha value is -2.36. The predicted molar refractivity (Wildman–Crippen MR) is 334 cm³/mol. The van der Waals surface area contributed by atoms with Gasteiger partial charge in [0.05, 0.1) is 25.7 Å². The van der Waals surface area contributed by atoms with Gasteiger partial charge in [0.1, 0.15) is 19.3 Å². The van der Waals surface area contributed by atoms with Crippen molar-refractivity contribution in [3.63, 3.8) is 0 Å². The molecule has 14 nitrogen and oxygen atoms in total. The molecule has 1 aliphatic heterocycles. The predicted octanol–water partition coefficient (Wildman–Crippen LogP) is 16.7. The third-order valence-corrected chi connectivity index (χ3v) is 15.8. The van der Waals surface area contributed by atoms with Crippen LogP contribution in [-0.4, -0.2) is 137 Å². The van der Waals surface area contributed by atoms with Crippen molar-refractivity contribution < 1.29 is 57.1 Å². The fourth-order valence-electron chi connectivity index (χ4n) is 10.5. The lowest BCUT2D eigenvalue weighted by Gasteiger charge is -2.33. The fraction of sp³-hybridized carbons (Fsp3) is 0.941. The highest BCUT2D eigenvalue weighted by atomic mass is 16.7. The van der Waals surface area contributed by atoms with E-state index in [9.17, 15) is 19.2 Å². The number of hydrogen-bond donors (Lipinski definition) is 0. The first kappa shape index (κ1) is 77.7. The Morgan fingerprint density at radius 1 is 0.402 bits per heavy atom. The van der Waals surface area contributed by atoms with Gasteiger partial charge in [-0.3, -0.25) is 24.1 Å². The third kappa shape index (κ3) is 47.8. The fourth-order valence-corrected chi connectivity index (χ4v) is 10.5. The van der Waals surface area contributed by atoms with Gasteiger partial charge < -0.3 is 42.8 Å². The Morgan fingerprint density at radius 2 is 0.793 bits per heavy atom. The van der Waals surface area contributed by atoms with Crippen LogP contribution in [-0.2, 0) is 57.1 Å². The Bertz CT molecular complexity index is 1330. The molecule has 484 valence electrons. The zero-order valence-corrected chi connectivity index (χ0v) is 54.3. The van der Waals surface area contributed by atoms with Crippen LogP contribution >= 0.6 is 0 Å². The van der Waals surface area contributed by atoms with Crippen LogP contribution in [0.2, 0.25) is 0 Å². The molecule has 0 aromatic carbocycles. The van der Waals surface area contributed by atoms with Crippen molar-refractivity contribution in [2.24, 2.45) is 0 Å². The van der Waals surface area contributed by atoms with Crippen molar-refractivity contribution >= 4 is 23.8 Å². The molecule has 0 aliphatic carbocycles. The standard InChI is InChI=1S/C68H130N2O12/c1-7-13-18-23-27-36-53-76-67(77-54-37-28-24-19-14-8-2)45-34-32-43-64(72)80-59-61(60-81-65(73)44-33-35-46-68(78-55-38-29-25-20-15-9-3)79-56-39-30-26-21-16-10-4)70(50-40-49-69-51-57-75-58-52-69)63(71)47-48-66(74)82-62(41-12-6)42-31-22-17-11-5/h61-62,67-68H,7-60H2,1-6H3. The van der Waals surface area contributed by atoms with Crippen molar-refractivity contribution in [2.75, 3.05) is 79.0 Å². The molecular weight excluding hydrogens is 1040 g/mol. The number of carbonyl (C=O) groups excluding carboxylic acids is 4. The third-order valence-electron chi connectivity index (χ3n) is 15.8. The lowest BCUT2D eigenvalue weighted by Crippen LogP contribution is -2.48. The normalized spacial score (nSPS) is 13.4. The van der Waals surface area contributed by atoms with Crippen molar-refractivity contribution in [3.8, 4) is 0 Å². The van der Waals surface area contributed by atoms with Gasteiger partial charge in [0.15, 0.2) is 12.6 Å². The van der Waals surface area contributed by atoms with Crippen LogP contribution in [0.4, 0.5) is 0 Å². The highest BCUT2D eigenvalue weighted by molar-refractivity contribution is 5.82. The van der Waals surface area contributed by atoms with E-state index < -0.39 is 6.04 Å². The Morgan fingerprint density at radius 3 is 1.21 bits per heavy atom. The molecule has 1 amide bonds. The van der Waals surface area contributed by atoms with Gasteiger partial charge in [-0.05, 0) is 89.9 Å². The lowest BCUT2D eigenvalue weighted by atomic mass is 10.1. The number of esters is 3. The molecule has 1 atom stereocenters. The van der Waals surface area contributed by atoms with E-state index in [0.717, 1.165) is 129 Å². The zero-order chi connectivity index (χ0) is 59.6. The summed E-state index contributed by atoms with van der Waals surface area (Å²) in [5.41, 5.74) is 0. The number of morpholine rings is 1. The van der Waals surface area contributed by atoms with Crippen LogP contribution in [0.3, 0.4) is 0 Å². The van der Waals surface area contributed by atoms with E-state index in [1.807, 2.05) is 0 Å². The molecule has 0 spiro atoms. The van der Waals surface area contributed by atoms with E-state index in [-0.39, 0.29) is 81.4 Å². The molecule has 0 N–H and O–H groups in total. The monoisotopic (exact) mass is 1170 g/mol. The topological polar surface area (TPSA) is 149 Å². The molecule has 82 heavy (non-hydrogen) atoms. The highest BCUT2D eigenvalue weighted by Gasteiger charge is 2.28. The van der Waals surface area contributed by atoms with Gasteiger partial charge in [0, 0.05) is 71.9 Å². The smallest absolute Gasteiger partial charge is 0.306 e. The zero-order valence-electron chi connectivity index (χ0n) is 54.3. The molecule has 0 saturated carbocycles. The maximum atomic E-state index is 14.4. The molecule has 1 heterocycles. The second kappa shape index (κ2) is 59.0. The molecule has 1 unspecified atom stereocenters. The van der Waals surface area contributed by atoms with Crippen LogP contribution in [0.25, 0.3) is 0 Å². The first-order valence-electron chi connectivity index (χ1n) is 34.8. The van der Waals surface area contributed by atoms with Crippen LogP contribution in [0.1, 0.15) is 311 Å². The van der Waals surface area contributed by atoms with Crippen molar-refractivity contribution in [2.45, 2.75) is 336 Å². The number of unbranched alkanes of at least 4 members (excludes halogenated alkanes) is 25. The molecule has 1 aliphatic rings. The quantitative estimate of drug-likeness (QED) is 0.0246. The summed E-state index contributed by atoms with van der Waals surface area (Å²) < 4.78 is 48.6. The van der Waals surface area contributed by atoms with E-state index in [0.29, 0.717) is 78.3 Å². The van der Waals surface area contributed by atoms with Crippen LogP contribution < -0.4 is 0 Å². The first-order valence-corrected chi connectivity index (χ1v) is 34.8. The van der Waals surface area contributed by atoms with Gasteiger partial charge in [-0.15, -0.1) is 0 Å². The van der Waals surface area contributed by atoms with Gasteiger partial charge in [-0.25, -0.2) is 0 Å². The largest absolute Gasteiger partial charge is 0.463 e. The van der Waals surface area contributed by atoms with E-state index in [1.54, 1.807) is 4.90 Å². The van der Waals surface area contributed by atoms with Gasteiger partial charge in [0.25, 0.3) is 0 Å². The summed E-state index contributed by atoms with van der Waals surface area (Å²) in [6.07, 6.45) is 39.9. The molecule has 0 aromatic heterocycles. The van der Waals surface area contributed by atoms with E-state index in [1.165, 1.54) is 103 Å². The first-order chi connectivity index (χ1) is 40.2. The minimum atomic E-state index is -0.738. The average molecular weight is 1170 g/mol. The minimum Gasteiger partial charge on any atom is -0.463 e. The average Bonchev–Trinajstić information content (AvgIpc) is 3.48. The lowest BCUT2D eigenvalue weighted by molar-refractivity contribution is -0.156. The number of amides is 1. The van der Waals surface area contributed by atoms with Crippen LogP contribution in [0, 0.1) is 0 Å².